The second-order valence-corrected chi connectivity index (χ2v) is 9.90. The van der Waals surface area contributed by atoms with Gasteiger partial charge in [-0.05, 0) is 53.6 Å². The Hall–Kier alpha value is -4.62. The zero-order chi connectivity index (χ0) is 25.7. The molecule has 0 saturated heterocycles. The van der Waals surface area contributed by atoms with Crippen molar-refractivity contribution in [2.24, 2.45) is 0 Å². The second-order valence-electron chi connectivity index (χ2n) is 9.90. The highest BCUT2D eigenvalue weighted by Gasteiger charge is 2.17. The summed E-state index contributed by atoms with van der Waals surface area (Å²) in [6.45, 7) is 0. The van der Waals surface area contributed by atoms with E-state index in [1.54, 1.807) is 0 Å². The quantitative estimate of drug-likeness (QED) is 0.247. The molecule has 184 valence electrons. The van der Waals surface area contributed by atoms with E-state index in [0.29, 0.717) is 29.0 Å². The van der Waals surface area contributed by atoms with E-state index in [1.807, 2.05) is 66.7 Å². The first-order valence-corrected chi connectivity index (χ1v) is 13.3. The van der Waals surface area contributed by atoms with E-state index in [-0.39, 0.29) is 0 Å². The summed E-state index contributed by atoms with van der Waals surface area (Å²) in [6, 6.07) is 36.9. The van der Waals surface area contributed by atoms with Crippen LogP contribution in [0.25, 0.3) is 45.3 Å². The molecule has 4 aromatic carbocycles. The summed E-state index contributed by atoms with van der Waals surface area (Å²) >= 11 is 0. The van der Waals surface area contributed by atoms with Crippen LogP contribution in [0.3, 0.4) is 0 Å². The van der Waals surface area contributed by atoms with Gasteiger partial charge in [-0.25, -0.2) is 15.0 Å². The third kappa shape index (κ3) is 5.10. The van der Waals surface area contributed by atoms with E-state index < -0.39 is 0 Å². The largest absolute Gasteiger partial charge is 0.208 e. The van der Waals surface area contributed by atoms with E-state index >= 15 is 0 Å². The van der Waals surface area contributed by atoms with Crippen molar-refractivity contribution in [3.63, 3.8) is 0 Å². The molecule has 0 unspecified atom stereocenters. The molecule has 5 aromatic rings. The minimum absolute atomic E-state index is 0.640. The van der Waals surface area contributed by atoms with Gasteiger partial charge in [0, 0.05) is 16.7 Å². The summed E-state index contributed by atoms with van der Waals surface area (Å²) in [4.78, 5) is 14.7. The molecule has 38 heavy (non-hydrogen) atoms. The number of nitrogens with zero attached hydrogens (tertiary/aromatic N) is 4. The molecule has 1 heterocycles. The first kappa shape index (κ1) is 23.8. The van der Waals surface area contributed by atoms with Crippen LogP contribution in [0.4, 0.5) is 0 Å². The van der Waals surface area contributed by atoms with Gasteiger partial charge in [0.1, 0.15) is 0 Å². The number of benzene rings is 4. The van der Waals surface area contributed by atoms with Crippen molar-refractivity contribution in [2.75, 3.05) is 0 Å². The van der Waals surface area contributed by atoms with Crippen molar-refractivity contribution in [3.8, 4) is 51.4 Å². The average molecular weight is 493 g/mol. The van der Waals surface area contributed by atoms with Crippen LogP contribution in [0.2, 0.25) is 0 Å². The van der Waals surface area contributed by atoms with Crippen molar-refractivity contribution < 1.29 is 0 Å². The summed E-state index contributed by atoms with van der Waals surface area (Å²) in [7, 11) is 0. The molecule has 4 nitrogen and oxygen atoms in total. The average Bonchev–Trinajstić information content (AvgIpc) is 3.02. The van der Waals surface area contributed by atoms with Gasteiger partial charge in [-0.15, -0.1) is 0 Å². The molecule has 1 aromatic heterocycles. The fourth-order valence-corrected chi connectivity index (χ4v) is 5.27. The third-order valence-electron chi connectivity index (χ3n) is 7.38. The first-order chi connectivity index (χ1) is 18.8. The molecule has 0 bridgehead atoms. The molecule has 0 atom stereocenters. The van der Waals surface area contributed by atoms with Gasteiger partial charge in [0.15, 0.2) is 17.5 Å². The lowest BCUT2D eigenvalue weighted by Gasteiger charge is -2.22. The Bertz CT molecular complexity index is 1580. The van der Waals surface area contributed by atoms with Crippen molar-refractivity contribution >= 4 is 0 Å². The van der Waals surface area contributed by atoms with Crippen molar-refractivity contribution in [1.82, 2.24) is 15.0 Å². The van der Waals surface area contributed by atoms with Gasteiger partial charge in [0.2, 0.25) is 0 Å². The summed E-state index contributed by atoms with van der Waals surface area (Å²) < 4.78 is 0. The Morgan fingerprint density at radius 2 is 1.08 bits per heavy atom. The third-order valence-corrected chi connectivity index (χ3v) is 7.38. The summed E-state index contributed by atoms with van der Waals surface area (Å²) in [5.74, 6) is 2.64. The van der Waals surface area contributed by atoms with E-state index in [1.165, 1.54) is 37.7 Å². The van der Waals surface area contributed by atoms with Crippen LogP contribution in [0.5, 0.6) is 0 Å². The van der Waals surface area contributed by atoms with Crippen LogP contribution in [0.15, 0.2) is 103 Å². The smallest absolute Gasteiger partial charge is 0.164 e. The Morgan fingerprint density at radius 1 is 0.526 bits per heavy atom. The number of nitriles is 1. The molecule has 0 spiro atoms. The topological polar surface area (TPSA) is 62.5 Å². The number of rotatable bonds is 5. The molecule has 1 fully saturated rings. The van der Waals surface area contributed by atoms with Gasteiger partial charge in [-0.3, -0.25) is 0 Å². The standard InChI is InChI=1S/C34H28N4/c35-23-24-14-16-27(17-15-24)30-12-7-13-31(22-30)34-37-32(28-10-5-2-6-11-28)36-33(38-34)29-20-18-26(19-21-29)25-8-3-1-4-9-25/h2,5-7,10-22,25H,1,3-4,8-9H2. The van der Waals surface area contributed by atoms with Gasteiger partial charge in [-0.1, -0.05) is 104 Å². The number of hydrogen-bond acceptors (Lipinski definition) is 4. The summed E-state index contributed by atoms with van der Waals surface area (Å²) in [6.07, 6.45) is 6.57. The molecule has 4 heteroatoms. The van der Waals surface area contributed by atoms with Gasteiger partial charge < -0.3 is 0 Å². The van der Waals surface area contributed by atoms with Gasteiger partial charge in [0.25, 0.3) is 0 Å². The normalized spacial score (nSPS) is 13.7. The highest BCUT2D eigenvalue weighted by atomic mass is 15.0. The van der Waals surface area contributed by atoms with Crippen LogP contribution in [-0.4, -0.2) is 15.0 Å². The fourth-order valence-electron chi connectivity index (χ4n) is 5.27. The molecule has 6 rings (SSSR count). The second kappa shape index (κ2) is 10.8. The van der Waals surface area contributed by atoms with E-state index in [2.05, 4.69) is 42.5 Å². The Kier molecular flexibility index (Phi) is 6.74. The summed E-state index contributed by atoms with van der Waals surface area (Å²) in [5, 5.41) is 9.14. The molecular formula is C34H28N4. The van der Waals surface area contributed by atoms with Crippen LogP contribution >= 0.6 is 0 Å². The SMILES string of the molecule is N#Cc1ccc(-c2cccc(-c3nc(-c4ccccc4)nc(-c4ccc(C5CCCCC5)cc4)n3)c2)cc1. The van der Waals surface area contributed by atoms with Gasteiger partial charge in [0.05, 0.1) is 11.6 Å². The monoisotopic (exact) mass is 492 g/mol. The van der Waals surface area contributed by atoms with Crippen molar-refractivity contribution in [3.05, 3.63) is 114 Å². The molecule has 0 radical (unpaired) electrons. The number of aromatic nitrogens is 3. The molecular weight excluding hydrogens is 464 g/mol. The number of hydrogen-bond donors (Lipinski definition) is 0. The molecule has 0 amide bonds. The zero-order valence-corrected chi connectivity index (χ0v) is 21.2. The Morgan fingerprint density at radius 3 is 1.74 bits per heavy atom. The lowest BCUT2D eigenvalue weighted by molar-refractivity contribution is 0.443. The molecule has 1 aliphatic rings. The fraction of sp³-hybridized carbons (Fsp3) is 0.176. The van der Waals surface area contributed by atoms with Crippen LogP contribution < -0.4 is 0 Å². The summed E-state index contributed by atoms with van der Waals surface area (Å²) in [5.41, 5.74) is 7.03. The minimum atomic E-state index is 0.640. The predicted molar refractivity (Wildman–Crippen MR) is 152 cm³/mol. The lowest BCUT2D eigenvalue weighted by atomic mass is 9.84. The van der Waals surface area contributed by atoms with Crippen molar-refractivity contribution in [1.29, 1.82) is 5.26 Å². The van der Waals surface area contributed by atoms with Gasteiger partial charge >= 0.3 is 0 Å². The van der Waals surface area contributed by atoms with Crippen LogP contribution in [0, 0.1) is 11.3 Å². The Labute approximate surface area is 223 Å². The van der Waals surface area contributed by atoms with E-state index in [9.17, 15) is 0 Å². The van der Waals surface area contributed by atoms with Crippen LogP contribution in [-0.2, 0) is 0 Å². The van der Waals surface area contributed by atoms with Crippen LogP contribution in [0.1, 0.15) is 49.1 Å². The van der Waals surface area contributed by atoms with E-state index in [0.717, 1.165) is 27.8 Å². The zero-order valence-electron chi connectivity index (χ0n) is 21.2. The maximum Gasteiger partial charge on any atom is 0.164 e. The highest BCUT2D eigenvalue weighted by molar-refractivity contribution is 5.72. The van der Waals surface area contributed by atoms with Crippen molar-refractivity contribution in [2.45, 2.75) is 38.0 Å². The molecule has 1 aliphatic carbocycles. The molecule has 0 aliphatic heterocycles. The Balaban J connectivity index is 1.40. The molecule has 1 saturated carbocycles. The maximum atomic E-state index is 9.14. The minimum Gasteiger partial charge on any atom is -0.208 e. The molecule has 0 N–H and O–H groups in total. The first-order valence-electron chi connectivity index (χ1n) is 13.3. The maximum absolute atomic E-state index is 9.14. The predicted octanol–water partition coefficient (Wildman–Crippen LogP) is 8.46. The highest BCUT2D eigenvalue weighted by Crippen LogP contribution is 2.34. The lowest BCUT2D eigenvalue weighted by Crippen LogP contribution is -2.04. The van der Waals surface area contributed by atoms with Gasteiger partial charge in [-0.2, -0.15) is 5.26 Å². The van der Waals surface area contributed by atoms with E-state index in [4.69, 9.17) is 20.2 Å².